The predicted octanol–water partition coefficient (Wildman–Crippen LogP) is 0.814. The third kappa shape index (κ3) is 5.45. The molecule has 18 heavy (non-hydrogen) atoms. The molecule has 0 saturated heterocycles. The van der Waals surface area contributed by atoms with Crippen LogP contribution in [0.1, 0.15) is 25.3 Å². The lowest BCUT2D eigenvalue weighted by Gasteiger charge is -2.07. The van der Waals surface area contributed by atoms with Crippen LogP contribution in [0.15, 0.2) is 24.3 Å². The molecular formula is C13H18N2O3. The Bertz CT molecular complexity index is 413. The molecule has 0 saturated carbocycles. The van der Waals surface area contributed by atoms with Gasteiger partial charge in [-0.3, -0.25) is 9.59 Å². The molecule has 0 aromatic heterocycles. The van der Waals surface area contributed by atoms with Crippen LogP contribution in [-0.2, 0) is 16.0 Å². The molecule has 0 heterocycles. The topological polar surface area (TPSA) is 92.4 Å². The molecule has 1 rings (SSSR count). The summed E-state index contributed by atoms with van der Waals surface area (Å²) in [5.41, 5.74) is 6.55. The summed E-state index contributed by atoms with van der Waals surface area (Å²) in [4.78, 5) is 22.2. The summed E-state index contributed by atoms with van der Waals surface area (Å²) in [6.45, 7) is 1.64. The molecule has 2 amide bonds. The van der Waals surface area contributed by atoms with Gasteiger partial charge in [-0.25, -0.2) is 0 Å². The summed E-state index contributed by atoms with van der Waals surface area (Å²) in [6, 6.07) is 6.93. The second-order valence-electron chi connectivity index (χ2n) is 4.28. The first-order chi connectivity index (χ1) is 8.47. The Labute approximate surface area is 106 Å². The van der Waals surface area contributed by atoms with Crippen LogP contribution in [0.2, 0.25) is 0 Å². The van der Waals surface area contributed by atoms with Crippen LogP contribution in [0.25, 0.3) is 0 Å². The molecule has 4 N–H and O–H groups in total. The number of primary amides is 1. The minimum Gasteiger partial charge on any atom is -0.393 e. The number of anilines is 1. The number of benzene rings is 1. The number of nitrogens with two attached hydrogens (primary N) is 1. The molecule has 0 aliphatic rings. The van der Waals surface area contributed by atoms with Crippen molar-refractivity contribution in [3.63, 3.8) is 0 Å². The Kier molecular flexibility index (Phi) is 5.32. The lowest BCUT2D eigenvalue weighted by molar-refractivity contribution is -0.117. The number of rotatable bonds is 6. The zero-order valence-corrected chi connectivity index (χ0v) is 10.3. The summed E-state index contributed by atoms with van der Waals surface area (Å²) in [5.74, 6) is -0.526. The first-order valence-electron chi connectivity index (χ1n) is 5.82. The van der Waals surface area contributed by atoms with Crippen molar-refractivity contribution < 1.29 is 14.7 Å². The van der Waals surface area contributed by atoms with Crippen molar-refractivity contribution in [3.8, 4) is 0 Å². The third-order valence-corrected chi connectivity index (χ3v) is 2.41. The number of hydrogen-bond acceptors (Lipinski definition) is 3. The van der Waals surface area contributed by atoms with Gasteiger partial charge >= 0.3 is 0 Å². The Balaban J connectivity index is 2.48. The molecule has 1 atom stereocenters. The molecule has 5 heteroatoms. The number of aliphatic hydroxyl groups excluding tert-OH is 1. The SMILES string of the molecule is CC(O)CCC(=O)Nc1ccc(CC(N)=O)cc1. The van der Waals surface area contributed by atoms with Crippen LogP contribution in [0.3, 0.4) is 0 Å². The van der Waals surface area contributed by atoms with Gasteiger partial charge in [0.15, 0.2) is 0 Å². The van der Waals surface area contributed by atoms with Crippen LogP contribution in [0.5, 0.6) is 0 Å². The molecular weight excluding hydrogens is 232 g/mol. The number of carbonyl (C=O) groups is 2. The second-order valence-corrected chi connectivity index (χ2v) is 4.28. The fraction of sp³-hybridized carbons (Fsp3) is 0.385. The van der Waals surface area contributed by atoms with Gasteiger partial charge in [0, 0.05) is 12.1 Å². The molecule has 0 spiro atoms. The van der Waals surface area contributed by atoms with E-state index >= 15 is 0 Å². The molecule has 0 bridgehead atoms. The molecule has 1 aromatic carbocycles. The van der Waals surface area contributed by atoms with E-state index in [1.54, 1.807) is 31.2 Å². The third-order valence-electron chi connectivity index (χ3n) is 2.41. The van der Waals surface area contributed by atoms with E-state index in [2.05, 4.69) is 5.32 Å². The van der Waals surface area contributed by atoms with Crippen LogP contribution < -0.4 is 11.1 Å². The normalized spacial score (nSPS) is 11.9. The van der Waals surface area contributed by atoms with Crippen molar-refractivity contribution in [2.45, 2.75) is 32.3 Å². The average Bonchev–Trinajstić information content (AvgIpc) is 2.28. The number of carbonyl (C=O) groups excluding carboxylic acids is 2. The highest BCUT2D eigenvalue weighted by Crippen LogP contribution is 2.11. The number of amides is 2. The monoisotopic (exact) mass is 250 g/mol. The van der Waals surface area contributed by atoms with E-state index in [4.69, 9.17) is 10.8 Å². The van der Waals surface area contributed by atoms with Gasteiger partial charge in [-0.1, -0.05) is 12.1 Å². The van der Waals surface area contributed by atoms with Crippen molar-refractivity contribution in [2.24, 2.45) is 5.73 Å². The highest BCUT2D eigenvalue weighted by Gasteiger charge is 2.05. The lowest BCUT2D eigenvalue weighted by Crippen LogP contribution is -2.15. The number of nitrogens with one attached hydrogen (secondary N) is 1. The smallest absolute Gasteiger partial charge is 0.224 e. The Morgan fingerprint density at radius 2 is 1.94 bits per heavy atom. The quantitative estimate of drug-likeness (QED) is 0.697. The fourth-order valence-corrected chi connectivity index (χ4v) is 1.47. The molecule has 1 aromatic rings. The standard InChI is InChI=1S/C13H18N2O3/c1-9(16)2-7-13(18)15-11-5-3-10(4-6-11)8-12(14)17/h3-6,9,16H,2,7-8H2,1H3,(H2,14,17)(H,15,18). The molecule has 0 aliphatic carbocycles. The first-order valence-corrected chi connectivity index (χ1v) is 5.82. The molecule has 0 fully saturated rings. The minimum atomic E-state index is -0.478. The zero-order valence-electron chi connectivity index (χ0n) is 10.3. The summed E-state index contributed by atoms with van der Waals surface area (Å²) in [6.07, 6.45) is 0.427. The Morgan fingerprint density at radius 1 is 1.33 bits per heavy atom. The average molecular weight is 250 g/mol. The summed E-state index contributed by atoms with van der Waals surface area (Å²) < 4.78 is 0. The first kappa shape index (κ1) is 14.2. The van der Waals surface area contributed by atoms with Gasteiger partial charge in [0.1, 0.15) is 0 Å². The lowest BCUT2D eigenvalue weighted by atomic mass is 10.1. The van der Waals surface area contributed by atoms with E-state index in [0.717, 1.165) is 5.56 Å². The van der Waals surface area contributed by atoms with Gasteiger partial charge < -0.3 is 16.2 Å². The van der Waals surface area contributed by atoms with E-state index in [1.807, 2.05) is 0 Å². The van der Waals surface area contributed by atoms with Gasteiger partial charge in [-0.05, 0) is 31.0 Å². The van der Waals surface area contributed by atoms with Crippen molar-refractivity contribution in [1.82, 2.24) is 0 Å². The van der Waals surface area contributed by atoms with Gasteiger partial charge in [0.05, 0.1) is 12.5 Å². The van der Waals surface area contributed by atoms with E-state index in [1.165, 1.54) is 0 Å². The highest BCUT2D eigenvalue weighted by molar-refractivity contribution is 5.90. The van der Waals surface area contributed by atoms with E-state index in [9.17, 15) is 9.59 Å². The maximum absolute atomic E-state index is 11.5. The Hall–Kier alpha value is -1.88. The van der Waals surface area contributed by atoms with E-state index in [0.29, 0.717) is 12.1 Å². The summed E-state index contributed by atoms with van der Waals surface area (Å²) in [7, 11) is 0. The van der Waals surface area contributed by atoms with Crippen LogP contribution >= 0.6 is 0 Å². The number of hydrogen-bond donors (Lipinski definition) is 3. The minimum absolute atomic E-state index is 0.140. The highest BCUT2D eigenvalue weighted by atomic mass is 16.3. The second kappa shape index (κ2) is 6.76. The van der Waals surface area contributed by atoms with Crippen LogP contribution in [-0.4, -0.2) is 23.0 Å². The van der Waals surface area contributed by atoms with Gasteiger partial charge in [-0.2, -0.15) is 0 Å². The fourth-order valence-electron chi connectivity index (χ4n) is 1.47. The molecule has 0 aliphatic heterocycles. The van der Waals surface area contributed by atoms with E-state index < -0.39 is 6.10 Å². The molecule has 98 valence electrons. The van der Waals surface area contributed by atoms with Crippen molar-refractivity contribution >= 4 is 17.5 Å². The van der Waals surface area contributed by atoms with Crippen molar-refractivity contribution in [2.75, 3.05) is 5.32 Å². The maximum Gasteiger partial charge on any atom is 0.224 e. The van der Waals surface area contributed by atoms with Crippen molar-refractivity contribution in [1.29, 1.82) is 0 Å². The maximum atomic E-state index is 11.5. The van der Waals surface area contributed by atoms with Crippen molar-refractivity contribution in [3.05, 3.63) is 29.8 Å². The largest absolute Gasteiger partial charge is 0.393 e. The van der Waals surface area contributed by atoms with Crippen LogP contribution in [0.4, 0.5) is 5.69 Å². The Morgan fingerprint density at radius 3 is 2.44 bits per heavy atom. The summed E-state index contributed by atoms with van der Waals surface area (Å²) >= 11 is 0. The van der Waals surface area contributed by atoms with Gasteiger partial charge in [0.2, 0.25) is 11.8 Å². The number of aliphatic hydroxyl groups is 1. The summed E-state index contributed by atoms with van der Waals surface area (Å²) in [5, 5.41) is 11.8. The molecule has 5 nitrogen and oxygen atoms in total. The van der Waals surface area contributed by atoms with E-state index in [-0.39, 0.29) is 24.7 Å². The van der Waals surface area contributed by atoms with Crippen LogP contribution in [0, 0.1) is 0 Å². The molecule has 0 radical (unpaired) electrons. The predicted molar refractivity (Wildman–Crippen MR) is 68.9 cm³/mol. The van der Waals surface area contributed by atoms with Gasteiger partial charge in [-0.15, -0.1) is 0 Å². The molecule has 1 unspecified atom stereocenters. The van der Waals surface area contributed by atoms with Gasteiger partial charge in [0.25, 0.3) is 0 Å². The zero-order chi connectivity index (χ0) is 13.5.